The van der Waals surface area contributed by atoms with E-state index in [1.54, 1.807) is 0 Å². The van der Waals surface area contributed by atoms with Crippen LogP contribution in [0, 0.1) is 5.92 Å². The maximum atomic E-state index is 12.1. The first kappa shape index (κ1) is 16.6. The molecular formula is C16H24N2OS. The van der Waals surface area contributed by atoms with Gasteiger partial charge >= 0.3 is 0 Å². The number of hydrogen-bond acceptors (Lipinski definition) is 2. The summed E-state index contributed by atoms with van der Waals surface area (Å²) in [5.74, 6) is 0.260. The van der Waals surface area contributed by atoms with Crippen LogP contribution in [-0.4, -0.2) is 10.9 Å². The number of nitrogens with two attached hydrogens (primary N) is 1. The zero-order valence-corrected chi connectivity index (χ0v) is 13.1. The Morgan fingerprint density at radius 3 is 2.75 bits per heavy atom. The lowest BCUT2D eigenvalue weighted by molar-refractivity contribution is -0.125. The van der Waals surface area contributed by atoms with Crippen LogP contribution < -0.4 is 11.1 Å². The number of carbonyl (C=O) groups excluding carboxylic acids is 1. The van der Waals surface area contributed by atoms with Crippen molar-refractivity contribution in [2.24, 2.45) is 11.7 Å². The summed E-state index contributed by atoms with van der Waals surface area (Å²) in [7, 11) is 0. The number of hydrogen-bond donors (Lipinski definition) is 2. The van der Waals surface area contributed by atoms with Crippen molar-refractivity contribution in [2.45, 2.75) is 46.1 Å². The van der Waals surface area contributed by atoms with E-state index in [4.69, 9.17) is 18.0 Å². The molecule has 0 heterocycles. The third-order valence-corrected chi connectivity index (χ3v) is 3.68. The highest BCUT2D eigenvalue weighted by Crippen LogP contribution is 2.13. The smallest absolute Gasteiger partial charge is 0.223 e. The van der Waals surface area contributed by atoms with Gasteiger partial charge in [0.25, 0.3) is 0 Å². The second-order valence-electron chi connectivity index (χ2n) is 5.03. The molecule has 0 aliphatic rings. The van der Waals surface area contributed by atoms with Crippen molar-refractivity contribution in [2.75, 3.05) is 0 Å². The Kier molecular flexibility index (Phi) is 7.23. The summed E-state index contributed by atoms with van der Waals surface area (Å²) < 4.78 is 0. The predicted molar refractivity (Wildman–Crippen MR) is 87.5 cm³/mol. The molecule has 1 rings (SSSR count). The molecule has 1 aromatic carbocycles. The summed E-state index contributed by atoms with van der Waals surface area (Å²) in [5, 5.41) is 3.00. The van der Waals surface area contributed by atoms with Gasteiger partial charge in [-0.25, -0.2) is 0 Å². The van der Waals surface area contributed by atoms with Crippen molar-refractivity contribution in [3.63, 3.8) is 0 Å². The molecule has 3 N–H and O–H groups in total. The average Bonchev–Trinajstić information content (AvgIpc) is 2.46. The lowest BCUT2D eigenvalue weighted by Crippen LogP contribution is -2.30. The Labute approximate surface area is 126 Å². The van der Waals surface area contributed by atoms with E-state index in [1.807, 2.05) is 24.3 Å². The topological polar surface area (TPSA) is 55.1 Å². The maximum absolute atomic E-state index is 12.1. The minimum atomic E-state index is 0.119. The van der Waals surface area contributed by atoms with E-state index in [-0.39, 0.29) is 11.8 Å². The van der Waals surface area contributed by atoms with Gasteiger partial charge in [0.2, 0.25) is 5.91 Å². The third kappa shape index (κ3) is 5.29. The number of carbonyl (C=O) groups is 1. The molecule has 0 saturated carbocycles. The molecule has 0 aliphatic carbocycles. The quantitative estimate of drug-likeness (QED) is 0.724. The van der Waals surface area contributed by atoms with Crippen LogP contribution in [0.4, 0.5) is 0 Å². The van der Waals surface area contributed by atoms with Gasteiger partial charge in [-0.15, -0.1) is 0 Å². The van der Waals surface area contributed by atoms with Crippen molar-refractivity contribution in [1.29, 1.82) is 0 Å². The molecule has 0 aromatic heterocycles. The molecular weight excluding hydrogens is 268 g/mol. The summed E-state index contributed by atoms with van der Waals surface area (Å²) in [5.41, 5.74) is 7.47. The Hall–Kier alpha value is -1.42. The highest BCUT2D eigenvalue weighted by atomic mass is 32.1. The first-order valence-corrected chi connectivity index (χ1v) is 7.65. The van der Waals surface area contributed by atoms with Crippen LogP contribution in [0.25, 0.3) is 0 Å². The molecule has 0 aliphatic heterocycles. The van der Waals surface area contributed by atoms with Gasteiger partial charge in [0.05, 0.1) is 0 Å². The van der Waals surface area contributed by atoms with E-state index >= 15 is 0 Å². The normalized spacial score (nSPS) is 11.9. The number of rotatable bonds is 8. The summed E-state index contributed by atoms with van der Waals surface area (Å²) in [6.07, 6.45) is 4.08. The van der Waals surface area contributed by atoms with E-state index < -0.39 is 0 Å². The van der Waals surface area contributed by atoms with E-state index in [2.05, 4.69) is 19.2 Å². The molecule has 110 valence electrons. The first-order valence-electron chi connectivity index (χ1n) is 7.24. The van der Waals surface area contributed by atoms with Gasteiger partial charge in [0.15, 0.2) is 0 Å². The standard InChI is InChI=1S/C16H24N2OS/c1-3-5-8-13(4-2)16(19)18-11-12-7-6-9-14(10-12)15(17)20/h6-7,9-10,13H,3-5,8,11H2,1-2H3,(H2,17,20)(H,18,19). The molecule has 20 heavy (non-hydrogen) atoms. The van der Waals surface area contributed by atoms with Gasteiger partial charge in [-0.3, -0.25) is 4.79 Å². The Balaban J connectivity index is 2.55. The summed E-state index contributed by atoms with van der Waals surface area (Å²) in [4.78, 5) is 12.5. The number of thiocarbonyl (C=S) groups is 1. The summed E-state index contributed by atoms with van der Waals surface area (Å²) >= 11 is 4.96. The van der Waals surface area contributed by atoms with Crippen molar-refractivity contribution in [3.05, 3.63) is 35.4 Å². The second-order valence-corrected chi connectivity index (χ2v) is 5.47. The van der Waals surface area contributed by atoms with Crippen molar-refractivity contribution >= 4 is 23.1 Å². The van der Waals surface area contributed by atoms with Crippen LogP contribution in [-0.2, 0) is 11.3 Å². The summed E-state index contributed by atoms with van der Waals surface area (Å²) in [6, 6.07) is 7.68. The molecule has 0 saturated heterocycles. The van der Waals surface area contributed by atoms with Gasteiger partial charge in [0, 0.05) is 18.0 Å². The molecule has 4 heteroatoms. The van der Waals surface area contributed by atoms with E-state index in [0.29, 0.717) is 11.5 Å². The van der Waals surface area contributed by atoms with Crippen LogP contribution in [0.15, 0.2) is 24.3 Å². The SMILES string of the molecule is CCCCC(CC)C(=O)NCc1cccc(C(N)=S)c1. The molecule has 0 radical (unpaired) electrons. The zero-order chi connectivity index (χ0) is 15.0. The molecule has 3 nitrogen and oxygen atoms in total. The predicted octanol–water partition coefficient (Wildman–Crippen LogP) is 3.15. The lowest BCUT2D eigenvalue weighted by atomic mass is 9.98. The van der Waals surface area contributed by atoms with Gasteiger partial charge in [-0.2, -0.15) is 0 Å². The van der Waals surface area contributed by atoms with Gasteiger partial charge in [0.1, 0.15) is 4.99 Å². The third-order valence-electron chi connectivity index (χ3n) is 3.45. The fourth-order valence-electron chi connectivity index (χ4n) is 2.14. The Morgan fingerprint density at radius 2 is 2.15 bits per heavy atom. The average molecular weight is 292 g/mol. The van der Waals surface area contributed by atoms with Crippen LogP contribution in [0.3, 0.4) is 0 Å². The van der Waals surface area contributed by atoms with Crippen molar-refractivity contribution in [3.8, 4) is 0 Å². The minimum absolute atomic E-state index is 0.119. The Bertz CT molecular complexity index is 460. The number of benzene rings is 1. The fourth-order valence-corrected chi connectivity index (χ4v) is 2.27. The largest absolute Gasteiger partial charge is 0.389 e. The molecule has 0 spiro atoms. The van der Waals surface area contributed by atoms with E-state index in [0.717, 1.165) is 36.8 Å². The highest BCUT2D eigenvalue weighted by molar-refractivity contribution is 7.80. The van der Waals surface area contributed by atoms with Gasteiger partial charge in [-0.05, 0) is 24.5 Å². The summed E-state index contributed by atoms with van der Waals surface area (Å²) in [6.45, 7) is 4.73. The van der Waals surface area contributed by atoms with Gasteiger partial charge in [-0.1, -0.05) is 57.1 Å². The molecule has 0 bridgehead atoms. The van der Waals surface area contributed by atoms with Crippen LogP contribution in [0.5, 0.6) is 0 Å². The second kappa shape index (κ2) is 8.69. The molecule has 1 aromatic rings. The fraction of sp³-hybridized carbons (Fsp3) is 0.500. The monoisotopic (exact) mass is 292 g/mol. The minimum Gasteiger partial charge on any atom is -0.389 e. The number of nitrogens with one attached hydrogen (secondary N) is 1. The molecule has 1 atom stereocenters. The van der Waals surface area contributed by atoms with Crippen LogP contribution in [0.2, 0.25) is 0 Å². The lowest BCUT2D eigenvalue weighted by Gasteiger charge is -2.14. The van der Waals surface area contributed by atoms with Crippen molar-refractivity contribution < 1.29 is 4.79 Å². The number of unbranched alkanes of at least 4 members (excludes halogenated alkanes) is 1. The van der Waals surface area contributed by atoms with E-state index in [9.17, 15) is 4.79 Å². The highest BCUT2D eigenvalue weighted by Gasteiger charge is 2.15. The first-order chi connectivity index (χ1) is 9.58. The molecule has 1 amide bonds. The van der Waals surface area contributed by atoms with Gasteiger partial charge < -0.3 is 11.1 Å². The van der Waals surface area contributed by atoms with Crippen LogP contribution in [0.1, 0.15) is 50.7 Å². The maximum Gasteiger partial charge on any atom is 0.223 e. The molecule has 0 fully saturated rings. The van der Waals surface area contributed by atoms with Crippen molar-refractivity contribution in [1.82, 2.24) is 5.32 Å². The Morgan fingerprint density at radius 1 is 1.40 bits per heavy atom. The molecule has 1 unspecified atom stereocenters. The zero-order valence-electron chi connectivity index (χ0n) is 12.3. The van der Waals surface area contributed by atoms with E-state index in [1.165, 1.54) is 0 Å². The van der Waals surface area contributed by atoms with Crippen LogP contribution >= 0.6 is 12.2 Å². The number of amides is 1.